The second-order valence-electron chi connectivity index (χ2n) is 3.52. The number of carboxylic acid groups (broad SMARTS) is 1. The molecule has 0 radical (unpaired) electrons. The quantitative estimate of drug-likeness (QED) is 0.477. The summed E-state index contributed by atoms with van der Waals surface area (Å²) in [6.45, 7) is -0.0868. The van der Waals surface area contributed by atoms with Crippen molar-refractivity contribution in [1.82, 2.24) is 5.06 Å². The Hall–Kier alpha value is -2.41. The van der Waals surface area contributed by atoms with Gasteiger partial charge < -0.3 is 10.2 Å². The molecule has 0 atom stereocenters. The van der Waals surface area contributed by atoms with Crippen LogP contribution in [0, 0.1) is 5.82 Å². The Morgan fingerprint density at radius 1 is 1.42 bits per heavy atom. The summed E-state index contributed by atoms with van der Waals surface area (Å²) in [5.74, 6) is -4.07. The minimum atomic E-state index is -1.63. The van der Waals surface area contributed by atoms with Crippen molar-refractivity contribution >= 4 is 11.9 Å². The zero-order valence-electron chi connectivity index (χ0n) is 10.0. The largest absolute Gasteiger partial charge is 0.502 e. The number of rotatable bonds is 5. The Morgan fingerprint density at radius 3 is 2.63 bits per heavy atom. The number of halogens is 1. The van der Waals surface area contributed by atoms with Crippen LogP contribution < -0.4 is 0 Å². The number of aliphatic hydroxyl groups excluding tert-OH is 1. The molecule has 1 amide bonds. The molecule has 0 heterocycles. The van der Waals surface area contributed by atoms with Gasteiger partial charge in [0.05, 0.1) is 19.7 Å². The standard InChI is InChI=1S/C12H12FNO5/c1-19-14(11(16)6-10(15)12(17)18)7-8-3-2-4-9(13)5-8/h2-6,15H,7H2,1H3,(H,17,18). The van der Waals surface area contributed by atoms with Gasteiger partial charge in [-0.1, -0.05) is 12.1 Å². The maximum atomic E-state index is 13.0. The average Bonchev–Trinajstić information content (AvgIpc) is 2.35. The minimum Gasteiger partial charge on any atom is -0.502 e. The minimum absolute atomic E-state index is 0.0868. The predicted octanol–water partition coefficient (Wildman–Crippen LogP) is 1.24. The highest BCUT2D eigenvalue weighted by molar-refractivity contribution is 5.95. The summed E-state index contributed by atoms with van der Waals surface area (Å²) in [4.78, 5) is 26.7. The van der Waals surface area contributed by atoms with E-state index >= 15 is 0 Å². The summed E-state index contributed by atoms with van der Waals surface area (Å²) in [6, 6.07) is 5.50. The fourth-order valence-electron chi connectivity index (χ4n) is 1.28. The third-order valence-corrected chi connectivity index (χ3v) is 2.16. The third kappa shape index (κ3) is 4.40. The molecule has 7 heteroatoms. The van der Waals surface area contributed by atoms with Gasteiger partial charge in [-0.25, -0.2) is 14.2 Å². The first-order chi connectivity index (χ1) is 8.93. The van der Waals surface area contributed by atoms with Crippen LogP contribution >= 0.6 is 0 Å². The normalized spacial score (nSPS) is 11.2. The molecule has 1 rings (SSSR count). The highest BCUT2D eigenvalue weighted by Gasteiger charge is 2.15. The van der Waals surface area contributed by atoms with Gasteiger partial charge in [0, 0.05) is 0 Å². The molecule has 0 spiro atoms. The molecular weight excluding hydrogens is 257 g/mol. The molecule has 0 aliphatic rings. The van der Waals surface area contributed by atoms with Crippen molar-refractivity contribution in [2.75, 3.05) is 7.11 Å². The van der Waals surface area contributed by atoms with E-state index in [9.17, 15) is 14.0 Å². The van der Waals surface area contributed by atoms with E-state index < -0.39 is 23.5 Å². The van der Waals surface area contributed by atoms with Crippen LogP contribution in [0.2, 0.25) is 0 Å². The van der Waals surface area contributed by atoms with Crippen molar-refractivity contribution in [2.24, 2.45) is 0 Å². The topological polar surface area (TPSA) is 87.1 Å². The SMILES string of the molecule is CON(Cc1cccc(F)c1)C(=O)C=C(O)C(=O)O. The number of carboxylic acids is 1. The van der Waals surface area contributed by atoms with E-state index in [1.165, 1.54) is 25.3 Å². The van der Waals surface area contributed by atoms with Gasteiger partial charge in [-0.3, -0.25) is 9.63 Å². The van der Waals surface area contributed by atoms with Crippen LogP contribution in [0.25, 0.3) is 0 Å². The molecule has 2 N–H and O–H groups in total. The van der Waals surface area contributed by atoms with Crippen LogP contribution in [0.4, 0.5) is 4.39 Å². The van der Waals surface area contributed by atoms with Gasteiger partial charge in [0.2, 0.25) is 5.76 Å². The number of benzene rings is 1. The van der Waals surface area contributed by atoms with Gasteiger partial charge in [-0.15, -0.1) is 0 Å². The van der Waals surface area contributed by atoms with Crippen molar-refractivity contribution in [3.05, 3.63) is 47.5 Å². The Balaban J connectivity index is 2.81. The zero-order valence-corrected chi connectivity index (χ0v) is 10.0. The van der Waals surface area contributed by atoms with Gasteiger partial charge in [0.1, 0.15) is 5.82 Å². The first-order valence-corrected chi connectivity index (χ1v) is 5.18. The molecule has 0 bridgehead atoms. The van der Waals surface area contributed by atoms with E-state index in [0.29, 0.717) is 11.6 Å². The van der Waals surface area contributed by atoms with Crippen LogP contribution in [0.15, 0.2) is 36.1 Å². The van der Waals surface area contributed by atoms with Crippen LogP contribution in [-0.2, 0) is 21.0 Å². The number of carbonyl (C=O) groups is 2. The molecule has 0 unspecified atom stereocenters. The third-order valence-electron chi connectivity index (χ3n) is 2.16. The molecule has 19 heavy (non-hydrogen) atoms. The maximum absolute atomic E-state index is 13.0. The van der Waals surface area contributed by atoms with Gasteiger partial charge in [-0.2, -0.15) is 0 Å². The van der Waals surface area contributed by atoms with E-state index in [4.69, 9.17) is 15.1 Å². The number of hydrogen-bond donors (Lipinski definition) is 2. The average molecular weight is 269 g/mol. The fraction of sp³-hybridized carbons (Fsp3) is 0.167. The second-order valence-corrected chi connectivity index (χ2v) is 3.52. The van der Waals surface area contributed by atoms with Gasteiger partial charge in [0.25, 0.3) is 5.91 Å². The lowest BCUT2D eigenvalue weighted by Gasteiger charge is -2.18. The van der Waals surface area contributed by atoms with Crippen molar-refractivity contribution in [2.45, 2.75) is 6.54 Å². The van der Waals surface area contributed by atoms with Crippen LogP contribution in [0.1, 0.15) is 5.56 Å². The van der Waals surface area contributed by atoms with E-state index in [1.807, 2.05) is 0 Å². The van der Waals surface area contributed by atoms with E-state index in [2.05, 4.69) is 0 Å². The predicted molar refractivity (Wildman–Crippen MR) is 62.3 cm³/mol. The highest BCUT2D eigenvalue weighted by Crippen LogP contribution is 2.08. The van der Waals surface area contributed by atoms with Crippen molar-refractivity contribution in [1.29, 1.82) is 0 Å². The van der Waals surface area contributed by atoms with Crippen LogP contribution in [0.5, 0.6) is 0 Å². The number of aliphatic carboxylic acids is 1. The number of hydroxylamine groups is 2. The molecule has 0 aliphatic heterocycles. The molecule has 0 fully saturated rings. The zero-order chi connectivity index (χ0) is 14.4. The molecule has 6 nitrogen and oxygen atoms in total. The molecule has 0 saturated carbocycles. The summed E-state index contributed by atoms with van der Waals surface area (Å²) < 4.78 is 13.0. The smallest absolute Gasteiger partial charge is 0.371 e. The van der Waals surface area contributed by atoms with E-state index in [0.717, 1.165) is 5.06 Å². The summed E-state index contributed by atoms with van der Waals surface area (Å²) >= 11 is 0. The Bertz CT molecular complexity index is 515. The molecule has 1 aromatic carbocycles. The monoisotopic (exact) mass is 269 g/mol. The molecule has 1 aromatic rings. The summed E-state index contributed by atoms with van der Waals surface area (Å²) in [7, 11) is 1.20. The van der Waals surface area contributed by atoms with Crippen LogP contribution in [-0.4, -0.2) is 34.3 Å². The number of amides is 1. The molecule has 102 valence electrons. The summed E-state index contributed by atoms with van der Waals surface area (Å²) in [5.41, 5.74) is 0.457. The van der Waals surface area contributed by atoms with E-state index in [1.54, 1.807) is 6.07 Å². The van der Waals surface area contributed by atoms with Crippen LogP contribution in [0.3, 0.4) is 0 Å². The molecular formula is C12H12FNO5. The lowest BCUT2D eigenvalue weighted by atomic mass is 10.2. The van der Waals surface area contributed by atoms with Gasteiger partial charge >= 0.3 is 5.97 Å². The molecule has 0 aromatic heterocycles. The summed E-state index contributed by atoms with van der Waals surface area (Å²) in [6.07, 6.45) is 0.505. The Morgan fingerprint density at radius 2 is 2.11 bits per heavy atom. The van der Waals surface area contributed by atoms with Gasteiger partial charge in [0.15, 0.2) is 0 Å². The van der Waals surface area contributed by atoms with E-state index in [-0.39, 0.29) is 6.54 Å². The fourth-order valence-corrected chi connectivity index (χ4v) is 1.28. The number of nitrogens with zero attached hydrogens (tertiary/aromatic N) is 1. The highest BCUT2D eigenvalue weighted by atomic mass is 19.1. The Labute approximate surface area is 108 Å². The number of hydrogen-bond acceptors (Lipinski definition) is 4. The Kier molecular flexibility index (Phi) is 5.01. The van der Waals surface area contributed by atoms with Gasteiger partial charge in [-0.05, 0) is 17.7 Å². The number of aliphatic hydroxyl groups is 1. The lowest BCUT2D eigenvalue weighted by Crippen LogP contribution is -2.28. The summed E-state index contributed by atoms with van der Waals surface area (Å²) in [5, 5.41) is 18.2. The lowest BCUT2D eigenvalue weighted by molar-refractivity contribution is -0.173. The van der Waals surface area contributed by atoms with Crippen molar-refractivity contribution in [3.63, 3.8) is 0 Å². The van der Waals surface area contributed by atoms with Crippen molar-refractivity contribution < 1.29 is 29.0 Å². The number of carbonyl (C=O) groups excluding carboxylic acids is 1. The maximum Gasteiger partial charge on any atom is 0.371 e. The molecule has 0 saturated heterocycles. The van der Waals surface area contributed by atoms with Crippen molar-refractivity contribution in [3.8, 4) is 0 Å². The first-order valence-electron chi connectivity index (χ1n) is 5.18. The first kappa shape index (κ1) is 14.7. The molecule has 0 aliphatic carbocycles. The second kappa shape index (κ2) is 6.50.